The monoisotopic (exact) mass is 646 g/mol. The SMILES string of the molecule is [2H]c1c(-n2c3ccccc3c3ccccc32)c([2H])c2c(oc3c([2H])c(-c4nc(-c5ccccc5)nc(-c5ccc(-c6ccccc6)cc5)n4)c([2H])c([2H])c32)c1[2H]. The lowest BCUT2D eigenvalue weighted by atomic mass is 10.0. The minimum absolute atomic E-state index is 0.0104. The Balaban J connectivity index is 1.21. The average Bonchev–Trinajstić information content (AvgIpc) is 3.81. The van der Waals surface area contributed by atoms with Crippen LogP contribution >= 0.6 is 0 Å². The summed E-state index contributed by atoms with van der Waals surface area (Å²) in [5, 5.41) is 2.00. The second-order valence-corrected chi connectivity index (χ2v) is 12.0. The van der Waals surface area contributed by atoms with Gasteiger partial charge in [0.15, 0.2) is 17.5 Å². The fraction of sp³-hybridized carbons (Fsp3) is 0. The number of furan rings is 1. The second kappa shape index (κ2) is 11.4. The Kier molecular flexibility index (Phi) is 5.17. The molecule has 0 bridgehead atoms. The van der Waals surface area contributed by atoms with Crippen molar-refractivity contribution >= 4 is 43.7 Å². The van der Waals surface area contributed by atoms with Gasteiger partial charge in [-0.2, -0.15) is 0 Å². The van der Waals surface area contributed by atoms with Gasteiger partial charge in [-0.25, -0.2) is 15.0 Å². The third kappa shape index (κ3) is 4.67. The third-order valence-electron chi connectivity index (χ3n) is 8.94. The molecule has 0 N–H and O–H groups in total. The quantitative estimate of drug-likeness (QED) is 0.187. The molecule has 0 aliphatic heterocycles. The molecule has 0 aliphatic carbocycles. The molecule has 10 rings (SSSR count). The van der Waals surface area contributed by atoms with E-state index in [2.05, 4.69) is 0 Å². The van der Waals surface area contributed by atoms with Gasteiger partial charge < -0.3 is 8.98 Å². The molecule has 5 nitrogen and oxygen atoms in total. The summed E-state index contributed by atoms with van der Waals surface area (Å²) in [5.41, 5.74) is 4.90. The van der Waals surface area contributed by atoms with E-state index in [1.165, 1.54) is 0 Å². The van der Waals surface area contributed by atoms with Gasteiger partial charge in [0, 0.05) is 43.9 Å². The van der Waals surface area contributed by atoms with Crippen LogP contribution in [0.3, 0.4) is 0 Å². The highest BCUT2D eigenvalue weighted by Gasteiger charge is 2.17. The van der Waals surface area contributed by atoms with Gasteiger partial charge in [0.2, 0.25) is 0 Å². The highest BCUT2D eigenvalue weighted by Crippen LogP contribution is 2.37. The van der Waals surface area contributed by atoms with Crippen molar-refractivity contribution < 1.29 is 12.6 Å². The van der Waals surface area contributed by atoms with Crippen molar-refractivity contribution in [2.45, 2.75) is 0 Å². The van der Waals surface area contributed by atoms with E-state index in [0.717, 1.165) is 32.9 Å². The first-order chi connectivity index (χ1) is 27.3. The van der Waals surface area contributed by atoms with E-state index >= 15 is 0 Å². The van der Waals surface area contributed by atoms with Crippen LogP contribution in [0.15, 0.2) is 174 Å². The first-order valence-electron chi connectivity index (χ1n) is 19.2. The number of para-hydroxylation sites is 2. The molecule has 7 aromatic carbocycles. The van der Waals surface area contributed by atoms with Crippen molar-refractivity contribution in [1.82, 2.24) is 19.5 Å². The van der Waals surface area contributed by atoms with Gasteiger partial charge in [-0.1, -0.05) is 127 Å². The van der Waals surface area contributed by atoms with Gasteiger partial charge in [0.1, 0.15) is 11.2 Å². The van der Waals surface area contributed by atoms with E-state index in [1.54, 1.807) is 4.57 Å². The van der Waals surface area contributed by atoms with Crippen LogP contribution in [0.4, 0.5) is 0 Å². The third-order valence-corrected chi connectivity index (χ3v) is 8.94. The number of nitrogens with zero attached hydrogens (tertiary/aromatic N) is 4. The zero-order valence-corrected chi connectivity index (χ0v) is 26.4. The van der Waals surface area contributed by atoms with Crippen molar-refractivity contribution in [3.05, 3.63) is 170 Å². The van der Waals surface area contributed by atoms with E-state index < -0.39 is 0 Å². The summed E-state index contributed by atoms with van der Waals surface area (Å²) < 4.78 is 64.0. The van der Waals surface area contributed by atoms with Crippen molar-refractivity contribution in [1.29, 1.82) is 0 Å². The lowest BCUT2D eigenvalue weighted by Gasteiger charge is -2.09. The van der Waals surface area contributed by atoms with Crippen LogP contribution < -0.4 is 0 Å². The zero-order chi connectivity index (χ0) is 38.2. The van der Waals surface area contributed by atoms with E-state index in [0.29, 0.717) is 22.8 Å². The van der Waals surface area contributed by atoms with Crippen LogP contribution in [0.2, 0.25) is 0 Å². The predicted octanol–water partition coefficient (Wildman–Crippen LogP) is 11.5. The summed E-state index contributed by atoms with van der Waals surface area (Å²) >= 11 is 0. The molecule has 0 atom stereocenters. The van der Waals surface area contributed by atoms with E-state index in [-0.39, 0.29) is 75.3 Å². The lowest BCUT2D eigenvalue weighted by Crippen LogP contribution is -2.00. The van der Waals surface area contributed by atoms with E-state index in [4.69, 9.17) is 20.7 Å². The molecule has 0 saturated carbocycles. The number of hydrogen-bond donors (Lipinski definition) is 0. The van der Waals surface area contributed by atoms with Crippen LogP contribution in [0.25, 0.3) is 94.7 Å². The fourth-order valence-corrected chi connectivity index (χ4v) is 6.54. The summed E-state index contributed by atoms with van der Waals surface area (Å²) in [6, 6.07) is 41.0. The smallest absolute Gasteiger partial charge is 0.164 e. The number of fused-ring (bicyclic) bond motifs is 6. The standard InChI is InChI=1S/C45H28N4O/c1-3-11-29(12-4-1)30-19-21-32(22-20-30)44-46-43(31-13-5-2-6-14-31)47-45(48-44)33-23-25-37-38-28-34(24-26-41(38)50-42(37)27-33)49-39-17-9-7-15-35(39)36-16-8-10-18-40(36)49/h1-28H/i23D,24D,25D,26D,27D,28D. The Labute approximate surface area is 296 Å². The molecule has 0 aliphatic rings. The minimum Gasteiger partial charge on any atom is -0.456 e. The Bertz CT molecular complexity index is 3150. The first kappa shape index (κ1) is 22.7. The summed E-state index contributed by atoms with van der Waals surface area (Å²) in [5.74, 6) is 0.653. The molecular formula is C45H28N4O. The molecule has 3 aromatic heterocycles. The Morgan fingerprint density at radius 3 is 1.58 bits per heavy atom. The predicted molar refractivity (Wildman–Crippen MR) is 203 cm³/mol. The number of benzene rings is 7. The minimum atomic E-state index is -0.333. The molecule has 3 heterocycles. The van der Waals surface area contributed by atoms with Gasteiger partial charge in [0.05, 0.1) is 19.3 Å². The largest absolute Gasteiger partial charge is 0.456 e. The molecule has 234 valence electrons. The van der Waals surface area contributed by atoms with Crippen molar-refractivity contribution in [2.24, 2.45) is 0 Å². The van der Waals surface area contributed by atoms with E-state index in [9.17, 15) is 6.85 Å². The van der Waals surface area contributed by atoms with Crippen LogP contribution in [-0.4, -0.2) is 19.5 Å². The second-order valence-electron chi connectivity index (χ2n) is 12.0. The lowest BCUT2D eigenvalue weighted by molar-refractivity contribution is 0.669. The van der Waals surface area contributed by atoms with Crippen LogP contribution in [0, 0.1) is 0 Å². The van der Waals surface area contributed by atoms with Crippen LogP contribution in [-0.2, 0) is 0 Å². The average molecular weight is 647 g/mol. The van der Waals surface area contributed by atoms with Gasteiger partial charge in [-0.15, -0.1) is 0 Å². The maximum Gasteiger partial charge on any atom is 0.164 e. The van der Waals surface area contributed by atoms with Crippen LogP contribution in [0.1, 0.15) is 8.22 Å². The molecule has 0 spiro atoms. The zero-order valence-electron chi connectivity index (χ0n) is 32.4. The normalized spacial score (nSPS) is 13.3. The topological polar surface area (TPSA) is 56.7 Å². The highest BCUT2D eigenvalue weighted by molar-refractivity contribution is 6.10. The fourth-order valence-electron chi connectivity index (χ4n) is 6.54. The first-order valence-corrected chi connectivity index (χ1v) is 16.2. The van der Waals surface area contributed by atoms with Gasteiger partial charge in [-0.05, 0) is 53.5 Å². The maximum absolute atomic E-state index is 9.55. The maximum atomic E-state index is 9.55. The van der Waals surface area contributed by atoms with Gasteiger partial charge >= 0.3 is 0 Å². The molecule has 0 saturated heterocycles. The van der Waals surface area contributed by atoms with Crippen molar-refractivity contribution in [2.75, 3.05) is 0 Å². The van der Waals surface area contributed by atoms with Gasteiger partial charge in [-0.3, -0.25) is 0 Å². The molecule has 5 heteroatoms. The Morgan fingerprint density at radius 1 is 0.400 bits per heavy atom. The highest BCUT2D eigenvalue weighted by atomic mass is 16.3. The summed E-state index contributed by atoms with van der Waals surface area (Å²) in [4.78, 5) is 14.3. The Hall–Kier alpha value is -6.85. The van der Waals surface area contributed by atoms with Crippen molar-refractivity contribution in [3.8, 4) is 51.0 Å². The molecule has 0 unspecified atom stereocenters. The van der Waals surface area contributed by atoms with Crippen LogP contribution in [0.5, 0.6) is 0 Å². The molecule has 0 fully saturated rings. The number of hydrogen-bond acceptors (Lipinski definition) is 4. The number of aromatic nitrogens is 4. The summed E-state index contributed by atoms with van der Waals surface area (Å²) in [6.45, 7) is 0. The molecule has 10 aromatic rings. The van der Waals surface area contributed by atoms with Gasteiger partial charge in [0.25, 0.3) is 0 Å². The Morgan fingerprint density at radius 2 is 0.920 bits per heavy atom. The summed E-state index contributed by atoms with van der Waals surface area (Å²) in [7, 11) is 0. The van der Waals surface area contributed by atoms with E-state index in [1.807, 2.05) is 133 Å². The molecular weight excluding hydrogens is 613 g/mol. The number of rotatable bonds is 5. The molecule has 0 radical (unpaired) electrons. The van der Waals surface area contributed by atoms with Crippen molar-refractivity contribution in [3.63, 3.8) is 0 Å². The summed E-state index contributed by atoms with van der Waals surface area (Å²) in [6.07, 6.45) is 0. The molecule has 50 heavy (non-hydrogen) atoms. The molecule has 0 amide bonds.